The molecule has 0 aromatic heterocycles. The van der Waals surface area contributed by atoms with E-state index in [-0.39, 0.29) is 168 Å². The minimum Gasteiger partial charge on any atom is -0.347 e. The standard InChI is InChI=1S/C56H98O14.C7H16/c1-22-29(8)50-57-36(15)43(22)64-51-30(9)23(2)45(38(17)58-51)66-53-32(11)25(4)47(40(19)60-53)68-55-34(13)27(6)49(42(21)62-55)70-56-35(14)28(7)48(41(20)63-56)69-54-33(12)26(5)46(39(18)61-54)67-52-31(10)24(3)44(65-50)37(16)59-52;1-3-5-7-6-4-2/h22-56H,1-21H3;3-7H2,1-2H3/t22-,23-,24-,25-,26-,27-,28-,29?,30?,31?,32?,33?,34?,35?,36?,37?,38?,39?,40?,41?,42?,43+,44+,45+,46+,47+,48+,49+,50-,51-,52+,53+,54-,55-,56+;/m1./s1. The fourth-order valence-corrected chi connectivity index (χ4v) is 14.2. The van der Waals surface area contributed by atoms with Crippen molar-refractivity contribution < 1.29 is 66.3 Å². The van der Waals surface area contributed by atoms with Crippen LogP contribution in [0.5, 0.6) is 0 Å². The minimum atomic E-state index is -0.419. The summed E-state index contributed by atoms with van der Waals surface area (Å²) in [6, 6.07) is 0. The summed E-state index contributed by atoms with van der Waals surface area (Å²) in [5, 5.41) is 0. The Kier molecular flexibility index (Phi) is 22.8. The normalized spacial score (nSPS) is 55.1. The highest BCUT2D eigenvalue weighted by atomic mass is 16.8. The molecule has 0 N–H and O–H groups in total. The average Bonchev–Trinajstić information content (AvgIpc) is 3.38. The van der Waals surface area contributed by atoms with Crippen molar-refractivity contribution in [3.8, 4) is 0 Å². The van der Waals surface area contributed by atoms with Gasteiger partial charge in [-0.25, -0.2) is 0 Å². The van der Waals surface area contributed by atoms with Gasteiger partial charge in [-0.15, -0.1) is 0 Å². The van der Waals surface area contributed by atoms with Gasteiger partial charge in [-0.2, -0.15) is 0 Å². The van der Waals surface area contributed by atoms with Crippen molar-refractivity contribution in [2.24, 2.45) is 82.9 Å². The molecule has 21 heterocycles. The lowest BCUT2D eigenvalue weighted by atomic mass is 9.81. The number of hydrogen-bond donors (Lipinski definition) is 0. The van der Waals surface area contributed by atoms with Crippen LogP contribution in [-0.4, -0.2) is 129 Å². The Hall–Kier alpha value is -0.560. The van der Waals surface area contributed by atoms with Crippen molar-refractivity contribution in [2.45, 2.75) is 321 Å². The fraction of sp³-hybridized carbons (Fsp3) is 1.00. The highest BCUT2D eigenvalue weighted by Crippen LogP contribution is 2.47. The molecule has 21 aliphatic heterocycles. The van der Waals surface area contributed by atoms with E-state index in [1.54, 1.807) is 0 Å². The topological polar surface area (TPSA) is 129 Å². The Morgan fingerprint density at radius 3 is 0.416 bits per heavy atom. The van der Waals surface area contributed by atoms with Crippen molar-refractivity contribution >= 4 is 0 Å². The van der Waals surface area contributed by atoms with Crippen LogP contribution in [0.2, 0.25) is 0 Å². The van der Waals surface area contributed by atoms with Gasteiger partial charge in [0.1, 0.15) is 0 Å². The van der Waals surface area contributed by atoms with Gasteiger partial charge in [0.2, 0.25) is 0 Å². The summed E-state index contributed by atoms with van der Waals surface area (Å²) >= 11 is 0. The molecule has 450 valence electrons. The van der Waals surface area contributed by atoms with Crippen LogP contribution in [0, 0.1) is 82.9 Å². The molecule has 0 spiro atoms. The number of hydrogen-bond acceptors (Lipinski definition) is 14. The molecule has 77 heavy (non-hydrogen) atoms. The molecule has 0 radical (unpaired) electrons. The van der Waals surface area contributed by atoms with Gasteiger partial charge < -0.3 is 66.3 Å². The van der Waals surface area contributed by atoms with E-state index in [2.05, 4.69) is 159 Å². The van der Waals surface area contributed by atoms with E-state index in [1.807, 2.05) is 0 Å². The second kappa shape index (κ2) is 27.4. The van der Waals surface area contributed by atoms with E-state index >= 15 is 0 Å². The predicted octanol–water partition coefficient (Wildman–Crippen LogP) is 12.8. The van der Waals surface area contributed by atoms with Crippen LogP contribution in [0.4, 0.5) is 0 Å². The third-order valence-corrected chi connectivity index (χ3v) is 21.4. The molecule has 21 rings (SSSR count). The number of unbranched alkanes of at least 4 members (excludes halogenated alkanes) is 4. The molecule has 0 aliphatic carbocycles. The van der Waals surface area contributed by atoms with Crippen molar-refractivity contribution in [3.05, 3.63) is 0 Å². The van der Waals surface area contributed by atoms with E-state index in [4.69, 9.17) is 66.3 Å². The number of ether oxygens (including phenoxy) is 14. The van der Waals surface area contributed by atoms with Gasteiger partial charge in [0.25, 0.3) is 0 Å². The second-order valence-corrected chi connectivity index (χ2v) is 26.8. The smallest absolute Gasteiger partial charge is 0.161 e. The summed E-state index contributed by atoms with van der Waals surface area (Å²) in [5.41, 5.74) is 0. The highest BCUT2D eigenvalue weighted by molar-refractivity contribution is 4.96. The molecule has 21 fully saturated rings. The van der Waals surface area contributed by atoms with Gasteiger partial charge in [-0.1, -0.05) is 143 Å². The van der Waals surface area contributed by atoms with E-state index in [0.717, 1.165) is 0 Å². The Morgan fingerprint density at radius 1 is 0.169 bits per heavy atom. The zero-order valence-electron chi connectivity index (χ0n) is 52.5. The second-order valence-electron chi connectivity index (χ2n) is 26.8. The molecule has 0 aromatic carbocycles. The molecular formula is C63H114O14. The summed E-state index contributed by atoms with van der Waals surface area (Å²) in [7, 11) is 0. The van der Waals surface area contributed by atoms with E-state index in [1.165, 1.54) is 32.1 Å². The van der Waals surface area contributed by atoms with Gasteiger partial charge in [0.05, 0.1) is 85.5 Å². The SMILES string of the molecule is CC1[C@@H]2OC(C)[C@@H](O[C@H]3OC(C)[C@@H](O[C@@H]4OC(C)[C@@H](O[C@H]5OC(C)[C@@H](O[C@@H]6OC(C)[C@@H](O[C@H]7OC(C)[C@@H](O[C@@H]8OC(C)[C@@H](O2)[C@H](C)C8C)[C@H](C)C7C)[C@H](C)C6C)[C@H](C)C5C)[C@H](C)C4C)[C@H](C)C3C)[C@@H]1C.CCCCCCC. The van der Waals surface area contributed by atoms with Gasteiger partial charge >= 0.3 is 0 Å². The zero-order valence-corrected chi connectivity index (χ0v) is 52.5. The first-order chi connectivity index (χ1) is 36.3. The molecule has 14 heteroatoms. The summed E-state index contributed by atoms with van der Waals surface area (Å²) in [5.74, 6) is 1.37. The monoisotopic (exact) mass is 1090 g/mol. The van der Waals surface area contributed by atoms with Crippen LogP contribution in [0.3, 0.4) is 0 Å². The van der Waals surface area contributed by atoms with Crippen LogP contribution in [0.1, 0.15) is 191 Å². The van der Waals surface area contributed by atoms with E-state index in [9.17, 15) is 0 Å². The molecule has 14 nitrogen and oxygen atoms in total. The lowest BCUT2D eigenvalue weighted by Gasteiger charge is -2.51. The van der Waals surface area contributed by atoms with Crippen LogP contribution in [-0.2, 0) is 66.3 Å². The third-order valence-electron chi connectivity index (χ3n) is 21.4. The van der Waals surface area contributed by atoms with Crippen molar-refractivity contribution in [1.29, 1.82) is 0 Å². The van der Waals surface area contributed by atoms with E-state index < -0.39 is 44.0 Å². The maximum atomic E-state index is 6.97. The largest absolute Gasteiger partial charge is 0.347 e. The maximum Gasteiger partial charge on any atom is 0.161 e. The predicted molar refractivity (Wildman–Crippen MR) is 297 cm³/mol. The molecule has 21 saturated heterocycles. The summed E-state index contributed by atoms with van der Waals surface area (Å²) < 4.78 is 96.1. The van der Waals surface area contributed by atoms with Crippen LogP contribution in [0.15, 0.2) is 0 Å². The first-order valence-electron chi connectivity index (χ1n) is 31.5. The molecule has 14 bridgehead atoms. The number of rotatable bonds is 4. The van der Waals surface area contributed by atoms with E-state index in [0.29, 0.717) is 0 Å². The summed E-state index contributed by atoms with van der Waals surface area (Å²) in [6.45, 7) is 50.4. The van der Waals surface area contributed by atoms with Crippen molar-refractivity contribution in [3.63, 3.8) is 0 Å². The first kappa shape index (κ1) is 64.0. The summed E-state index contributed by atoms with van der Waals surface area (Å²) in [4.78, 5) is 0. The van der Waals surface area contributed by atoms with Crippen molar-refractivity contribution in [2.75, 3.05) is 0 Å². The molecular weight excluding hydrogens is 981 g/mol. The van der Waals surface area contributed by atoms with Crippen LogP contribution in [0.25, 0.3) is 0 Å². The minimum absolute atomic E-state index is 0.0576. The van der Waals surface area contributed by atoms with Gasteiger partial charge in [0, 0.05) is 41.4 Å². The Morgan fingerprint density at radius 2 is 0.299 bits per heavy atom. The Balaban J connectivity index is 0.00000115. The average molecular weight is 1100 g/mol. The van der Waals surface area contributed by atoms with Crippen LogP contribution < -0.4 is 0 Å². The molecule has 0 aromatic rings. The first-order valence-corrected chi connectivity index (χ1v) is 31.5. The Labute approximate surface area is 468 Å². The lowest BCUT2D eigenvalue weighted by molar-refractivity contribution is -0.364. The molecule has 0 saturated carbocycles. The van der Waals surface area contributed by atoms with Gasteiger partial charge in [-0.05, 0) is 89.9 Å². The van der Waals surface area contributed by atoms with Gasteiger partial charge in [-0.3, -0.25) is 0 Å². The molecule has 14 unspecified atom stereocenters. The van der Waals surface area contributed by atoms with Crippen molar-refractivity contribution in [1.82, 2.24) is 0 Å². The quantitative estimate of drug-likeness (QED) is 0.248. The maximum absolute atomic E-state index is 6.97. The summed E-state index contributed by atoms with van der Waals surface area (Å²) in [6.07, 6.45) is 1.23. The molecule has 0 amide bonds. The third kappa shape index (κ3) is 13.8. The highest BCUT2D eigenvalue weighted by Gasteiger charge is 2.54. The molecule has 35 atom stereocenters. The molecule has 21 aliphatic rings. The fourth-order valence-electron chi connectivity index (χ4n) is 14.2. The van der Waals surface area contributed by atoms with Gasteiger partial charge in [0.15, 0.2) is 44.0 Å². The zero-order chi connectivity index (χ0) is 56.6. The van der Waals surface area contributed by atoms with Crippen LogP contribution >= 0.6 is 0 Å². The lowest BCUT2D eigenvalue weighted by Crippen LogP contribution is -2.59. The Bertz CT molecular complexity index is 1440.